The van der Waals surface area contributed by atoms with Gasteiger partial charge < -0.3 is 10.2 Å². The molecule has 0 aliphatic carbocycles. The molecule has 1 aliphatic rings. The number of aromatic nitrogens is 3. The molecule has 1 aromatic heterocycles. The van der Waals surface area contributed by atoms with Gasteiger partial charge in [0.1, 0.15) is 6.10 Å². The summed E-state index contributed by atoms with van der Waals surface area (Å²) in [5.74, 6) is -0.739. The fraction of sp³-hybridized carbons (Fsp3) is 0.667. The summed E-state index contributed by atoms with van der Waals surface area (Å²) >= 11 is 0. The van der Waals surface area contributed by atoms with Crippen molar-refractivity contribution in [1.82, 2.24) is 14.8 Å². The zero-order valence-corrected chi connectivity index (χ0v) is 8.58. The van der Waals surface area contributed by atoms with Crippen molar-refractivity contribution in [3.63, 3.8) is 0 Å². The summed E-state index contributed by atoms with van der Waals surface area (Å²) in [4.78, 5) is 14.5. The SMILES string of the molecule is CC(C)C1CC(O)c2nc(C(=O)O)nn21. The molecular formula is C9H13N3O3. The normalized spacial score (nSPS) is 24.5. The first-order valence-corrected chi connectivity index (χ1v) is 4.88. The summed E-state index contributed by atoms with van der Waals surface area (Å²) in [6.07, 6.45) is -0.134. The molecule has 2 rings (SSSR count). The van der Waals surface area contributed by atoms with Crippen LogP contribution in [0.3, 0.4) is 0 Å². The van der Waals surface area contributed by atoms with Crippen molar-refractivity contribution < 1.29 is 15.0 Å². The lowest BCUT2D eigenvalue weighted by Crippen LogP contribution is -2.13. The van der Waals surface area contributed by atoms with Gasteiger partial charge in [-0.25, -0.2) is 14.5 Å². The molecule has 82 valence electrons. The molecule has 1 aliphatic heterocycles. The van der Waals surface area contributed by atoms with Gasteiger partial charge in [-0.05, 0) is 5.92 Å². The number of carboxylic acids is 1. The molecule has 0 aromatic carbocycles. The van der Waals surface area contributed by atoms with E-state index in [1.807, 2.05) is 13.8 Å². The van der Waals surface area contributed by atoms with E-state index in [0.717, 1.165) is 0 Å². The average Bonchev–Trinajstić information content (AvgIpc) is 2.66. The van der Waals surface area contributed by atoms with Crippen LogP contribution >= 0.6 is 0 Å². The number of nitrogens with zero attached hydrogens (tertiary/aromatic N) is 3. The number of aliphatic hydroxyl groups is 1. The second kappa shape index (κ2) is 3.30. The van der Waals surface area contributed by atoms with Crippen LogP contribution in [0.1, 0.15) is 48.9 Å². The molecule has 0 saturated heterocycles. The van der Waals surface area contributed by atoms with Gasteiger partial charge >= 0.3 is 5.97 Å². The standard InChI is InChI=1S/C9H13N3O3/c1-4(2)5-3-6(13)8-10-7(9(14)15)11-12(5)8/h4-6,13H,3H2,1-2H3,(H,14,15). The number of rotatable bonds is 2. The zero-order valence-electron chi connectivity index (χ0n) is 8.58. The Morgan fingerprint density at radius 2 is 2.27 bits per heavy atom. The van der Waals surface area contributed by atoms with Gasteiger partial charge in [-0.2, -0.15) is 0 Å². The highest BCUT2D eigenvalue weighted by Crippen LogP contribution is 2.36. The van der Waals surface area contributed by atoms with Crippen molar-refractivity contribution >= 4 is 5.97 Å². The molecule has 6 nitrogen and oxygen atoms in total. The minimum Gasteiger partial charge on any atom is -0.475 e. The lowest BCUT2D eigenvalue weighted by molar-refractivity contribution is 0.0681. The second-order valence-corrected chi connectivity index (χ2v) is 4.11. The van der Waals surface area contributed by atoms with E-state index in [-0.39, 0.29) is 11.9 Å². The number of fused-ring (bicyclic) bond motifs is 1. The molecule has 6 heteroatoms. The third-order valence-electron chi connectivity index (χ3n) is 2.70. The van der Waals surface area contributed by atoms with E-state index >= 15 is 0 Å². The Hall–Kier alpha value is -1.43. The van der Waals surface area contributed by atoms with Crippen LogP contribution in [0, 0.1) is 5.92 Å². The van der Waals surface area contributed by atoms with Crippen molar-refractivity contribution in [3.05, 3.63) is 11.6 Å². The fourth-order valence-corrected chi connectivity index (χ4v) is 1.89. The van der Waals surface area contributed by atoms with Crippen molar-refractivity contribution in [2.45, 2.75) is 32.4 Å². The van der Waals surface area contributed by atoms with E-state index in [4.69, 9.17) is 5.11 Å². The van der Waals surface area contributed by atoms with Crippen LogP contribution < -0.4 is 0 Å². The zero-order chi connectivity index (χ0) is 11.2. The maximum Gasteiger partial charge on any atom is 0.375 e. The van der Waals surface area contributed by atoms with E-state index in [2.05, 4.69) is 10.1 Å². The summed E-state index contributed by atoms with van der Waals surface area (Å²) in [5, 5.41) is 22.3. The summed E-state index contributed by atoms with van der Waals surface area (Å²) in [6, 6.07) is 0.0376. The van der Waals surface area contributed by atoms with Crippen molar-refractivity contribution in [1.29, 1.82) is 0 Å². The van der Waals surface area contributed by atoms with E-state index < -0.39 is 12.1 Å². The van der Waals surface area contributed by atoms with Crippen LogP contribution in [0.2, 0.25) is 0 Å². The minimum absolute atomic E-state index is 0.0376. The molecule has 2 N–H and O–H groups in total. The number of hydrogen-bond donors (Lipinski definition) is 2. The average molecular weight is 211 g/mol. The molecule has 15 heavy (non-hydrogen) atoms. The van der Waals surface area contributed by atoms with Gasteiger partial charge in [0.05, 0.1) is 6.04 Å². The minimum atomic E-state index is -1.16. The highest BCUT2D eigenvalue weighted by molar-refractivity contribution is 5.82. The molecule has 2 atom stereocenters. The van der Waals surface area contributed by atoms with Gasteiger partial charge in [0.25, 0.3) is 5.82 Å². The van der Waals surface area contributed by atoms with E-state index in [9.17, 15) is 9.90 Å². The molecule has 0 spiro atoms. The quantitative estimate of drug-likeness (QED) is 0.748. The Labute approximate surface area is 86.6 Å². The predicted octanol–water partition coefficient (Wildman–Crippen LogP) is 0.611. The first-order valence-electron chi connectivity index (χ1n) is 4.88. The number of carboxylic acid groups (broad SMARTS) is 1. The lowest BCUT2D eigenvalue weighted by Gasteiger charge is -2.14. The first kappa shape index (κ1) is 10.1. The molecule has 2 unspecified atom stereocenters. The van der Waals surface area contributed by atoms with Gasteiger partial charge in [-0.1, -0.05) is 13.8 Å². The van der Waals surface area contributed by atoms with Crippen LogP contribution in [-0.4, -0.2) is 30.9 Å². The monoisotopic (exact) mass is 211 g/mol. The third-order valence-corrected chi connectivity index (χ3v) is 2.70. The Balaban J connectivity index is 2.41. The molecule has 0 fully saturated rings. The van der Waals surface area contributed by atoms with Gasteiger partial charge in [0, 0.05) is 6.42 Å². The Morgan fingerprint density at radius 3 is 2.80 bits per heavy atom. The van der Waals surface area contributed by atoms with E-state index in [1.165, 1.54) is 0 Å². The maximum atomic E-state index is 10.7. The molecule has 0 radical (unpaired) electrons. The maximum absolute atomic E-state index is 10.7. The molecule has 0 saturated carbocycles. The Bertz CT molecular complexity index is 399. The van der Waals surface area contributed by atoms with Crippen LogP contribution in [0.15, 0.2) is 0 Å². The summed E-state index contributed by atoms with van der Waals surface area (Å²) < 4.78 is 1.54. The number of aliphatic hydroxyl groups excluding tert-OH is 1. The van der Waals surface area contributed by atoms with Gasteiger partial charge in [0.2, 0.25) is 0 Å². The fourth-order valence-electron chi connectivity index (χ4n) is 1.89. The molecule has 0 amide bonds. The van der Waals surface area contributed by atoms with Crippen molar-refractivity contribution in [3.8, 4) is 0 Å². The lowest BCUT2D eigenvalue weighted by atomic mass is 10.0. The predicted molar refractivity (Wildman–Crippen MR) is 50.4 cm³/mol. The summed E-state index contributed by atoms with van der Waals surface area (Å²) in [5.41, 5.74) is 0. The van der Waals surface area contributed by atoms with Crippen molar-refractivity contribution in [2.24, 2.45) is 5.92 Å². The highest BCUT2D eigenvalue weighted by atomic mass is 16.4. The Morgan fingerprint density at radius 1 is 1.60 bits per heavy atom. The molecule has 1 aromatic rings. The number of carbonyl (C=O) groups is 1. The van der Waals surface area contributed by atoms with Gasteiger partial charge in [0.15, 0.2) is 5.82 Å². The van der Waals surface area contributed by atoms with Crippen LogP contribution in [0.4, 0.5) is 0 Å². The highest BCUT2D eigenvalue weighted by Gasteiger charge is 2.35. The molecular weight excluding hydrogens is 198 g/mol. The van der Waals surface area contributed by atoms with Crippen molar-refractivity contribution in [2.75, 3.05) is 0 Å². The van der Waals surface area contributed by atoms with Crippen LogP contribution in [0.25, 0.3) is 0 Å². The smallest absolute Gasteiger partial charge is 0.375 e. The van der Waals surface area contributed by atoms with E-state index in [1.54, 1.807) is 4.68 Å². The Kier molecular flexibility index (Phi) is 2.22. The largest absolute Gasteiger partial charge is 0.475 e. The molecule has 2 heterocycles. The first-order chi connectivity index (χ1) is 7.00. The number of hydrogen-bond acceptors (Lipinski definition) is 4. The molecule has 0 bridgehead atoms. The van der Waals surface area contributed by atoms with E-state index in [0.29, 0.717) is 18.2 Å². The van der Waals surface area contributed by atoms with Crippen LogP contribution in [0.5, 0.6) is 0 Å². The van der Waals surface area contributed by atoms with Gasteiger partial charge in [-0.3, -0.25) is 0 Å². The summed E-state index contributed by atoms with van der Waals surface area (Å²) in [6.45, 7) is 4.02. The number of aromatic carboxylic acids is 1. The second-order valence-electron chi connectivity index (χ2n) is 4.11. The van der Waals surface area contributed by atoms with Crippen LogP contribution in [-0.2, 0) is 0 Å². The topological polar surface area (TPSA) is 88.2 Å². The third kappa shape index (κ3) is 1.50. The van der Waals surface area contributed by atoms with Gasteiger partial charge in [-0.15, -0.1) is 5.10 Å². The summed E-state index contributed by atoms with van der Waals surface area (Å²) in [7, 11) is 0.